The number of thioether (sulfide) groups is 1. The molecule has 0 aliphatic heterocycles. The fraction of sp³-hybridized carbons (Fsp3) is 0.318. The molecule has 6 heteroatoms. The van der Waals surface area contributed by atoms with E-state index < -0.39 is 5.25 Å². The maximum atomic E-state index is 11.6. The van der Waals surface area contributed by atoms with E-state index in [2.05, 4.69) is 60.4 Å². The second-order valence-electron chi connectivity index (χ2n) is 6.94. The monoisotopic (exact) mass is 394 g/mol. The molecule has 0 saturated heterocycles. The quantitative estimate of drug-likeness (QED) is 0.569. The fourth-order valence-corrected chi connectivity index (χ4v) is 3.70. The molecule has 3 rings (SSSR count). The van der Waals surface area contributed by atoms with E-state index >= 15 is 0 Å². The largest absolute Gasteiger partial charge is 0.369 e. The lowest BCUT2D eigenvalue weighted by Crippen LogP contribution is -2.23. The van der Waals surface area contributed by atoms with Crippen molar-refractivity contribution >= 4 is 17.7 Å². The summed E-state index contributed by atoms with van der Waals surface area (Å²) in [5, 5.41) is 9.04. The topological polar surface area (TPSA) is 73.8 Å². The third kappa shape index (κ3) is 4.62. The summed E-state index contributed by atoms with van der Waals surface area (Å²) in [6.07, 6.45) is 3.43. The summed E-state index contributed by atoms with van der Waals surface area (Å²) in [5.74, 6) is 0.381. The van der Waals surface area contributed by atoms with Crippen molar-refractivity contribution in [2.45, 2.75) is 50.4 Å². The smallest absolute Gasteiger partial charge is 0.230 e. The van der Waals surface area contributed by atoms with Crippen molar-refractivity contribution in [3.05, 3.63) is 59.7 Å². The van der Waals surface area contributed by atoms with E-state index in [1.807, 2.05) is 16.7 Å². The van der Waals surface area contributed by atoms with Crippen LogP contribution in [0.5, 0.6) is 0 Å². The SMILES string of the molecule is CCCCc1ccc(-n2c(S[C@@H](C)C(N)=O)nnc2-c2ccc(C)cc2)cc1. The van der Waals surface area contributed by atoms with E-state index in [1.165, 1.54) is 35.7 Å². The van der Waals surface area contributed by atoms with Crippen LogP contribution in [0.4, 0.5) is 0 Å². The zero-order valence-electron chi connectivity index (χ0n) is 16.6. The minimum atomic E-state index is -0.391. The van der Waals surface area contributed by atoms with Crippen molar-refractivity contribution in [1.29, 1.82) is 0 Å². The van der Waals surface area contributed by atoms with Crippen molar-refractivity contribution in [1.82, 2.24) is 14.8 Å². The van der Waals surface area contributed by atoms with Gasteiger partial charge in [0.15, 0.2) is 11.0 Å². The summed E-state index contributed by atoms with van der Waals surface area (Å²) in [5.41, 5.74) is 9.91. The van der Waals surface area contributed by atoms with Crippen LogP contribution in [0.1, 0.15) is 37.8 Å². The average Bonchev–Trinajstić information content (AvgIpc) is 3.10. The fourth-order valence-electron chi connectivity index (χ4n) is 2.88. The van der Waals surface area contributed by atoms with Crippen LogP contribution in [0, 0.1) is 6.92 Å². The van der Waals surface area contributed by atoms with Crippen LogP contribution in [0.15, 0.2) is 53.7 Å². The molecule has 1 atom stereocenters. The lowest BCUT2D eigenvalue weighted by molar-refractivity contribution is -0.117. The minimum absolute atomic E-state index is 0.369. The van der Waals surface area contributed by atoms with Gasteiger partial charge in [0.25, 0.3) is 0 Å². The standard InChI is InChI=1S/C22H26N4OS/c1-4-5-6-17-9-13-19(14-10-17)26-21(18-11-7-15(2)8-12-18)24-25-22(26)28-16(3)20(23)27/h7-14,16H,4-6H2,1-3H3,(H2,23,27)/t16-/m0/s1. The van der Waals surface area contributed by atoms with Crippen molar-refractivity contribution in [3.8, 4) is 17.1 Å². The van der Waals surface area contributed by atoms with Crippen molar-refractivity contribution < 1.29 is 4.79 Å². The number of nitrogens with two attached hydrogens (primary N) is 1. The average molecular weight is 395 g/mol. The van der Waals surface area contributed by atoms with E-state index in [1.54, 1.807) is 6.92 Å². The Morgan fingerprint density at radius 1 is 1.11 bits per heavy atom. The van der Waals surface area contributed by atoms with E-state index in [0.29, 0.717) is 5.16 Å². The number of hydrogen-bond acceptors (Lipinski definition) is 4. The summed E-state index contributed by atoms with van der Waals surface area (Å²) in [4.78, 5) is 11.6. The molecule has 146 valence electrons. The number of hydrogen-bond donors (Lipinski definition) is 1. The summed E-state index contributed by atoms with van der Waals surface area (Å²) >= 11 is 1.32. The summed E-state index contributed by atoms with van der Waals surface area (Å²) < 4.78 is 2.00. The number of primary amides is 1. The summed E-state index contributed by atoms with van der Waals surface area (Å²) in [7, 11) is 0. The van der Waals surface area contributed by atoms with E-state index in [4.69, 9.17) is 5.73 Å². The molecular formula is C22H26N4OS. The highest BCUT2D eigenvalue weighted by Gasteiger charge is 2.20. The number of aryl methyl sites for hydroxylation is 2. The molecule has 1 aromatic heterocycles. The van der Waals surface area contributed by atoms with Gasteiger partial charge in [-0.25, -0.2) is 0 Å². The molecule has 0 spiro atoms. The van der Waals surface area contributed by atoms with Gasteiger partial charge in [-0.2, -0.15) is 0 Å². The summed E-state index contributed by atoms with van der Waals surface area (Å²) in [6, 6.07) is 16.7. The molecule has 3 aromatic rings. The first-order valence-corrected chi connectivity index (χ1v) is 10.4. The zero-order valence-corrected chi connectivity index (χ0v) is 17.4. The van der Waals surface area contributed by atoms with Crippen LogP contribution < -0.4 is 5.73 Å². The number of rotatable bonds is 8. The minimum Gasteiger partial charge on any atom is -0.369 e. The molecule has 0 aliphatic carbocycles. The predicted octanol–water partition coefficient (Wildman–Crippen LogP) is 4.55. The number of benzene rings is 2. The molecule has 0 radical (unpaired) electrons. The molecule has 2 N–H and O–H groups in total. The lowest BCUT2D eigenvalue weighted by Gasteiger charge is -2.13. The van der Waals surface area contributed by atoms with Gasteiger partial charge in [0.2, 0.25) is 5.91 Å². The number of carbonyl (C=O) groups is 1. The summed E-state index contributed by atoms with van der Waals surface area (Å²) in [6.45, 7) is 6.04. The molecule has 1 heterocycles. The second-order valence-corrected chi connectivity index (χ2v) is 8.25. The first-order valence-electron chi connectivity index (χ1n) is 9.57. The third-order valence-corrected chi connectivity index (χ3v) is 5.70. The highest BCUT2D eigenvalue weighted by Crippen LogP contribution is 2.30. The van der Waals surface area contributed by atoms with Gasteiger partial charge in [-0.15, -0.1) is 10.2 Å². The molecular weight excluding hydrogens is 368 g/mol. The lowest BCUT2D eigenvalue weighted by atomic mass is 10.1. The number of unbranched alkanes of at least 4 members (excludes halogenated alkanes) is 1. The van der Waals surface area contributed by atoms with Crippen LogP contribution in [0.25, 0.3) is 17.1 Å². The van der Waals surface area contributed by atoms with Crippen molar-refractivity contribution in [3.63, 3.8) is 0 Å². The Morgan fingerprint density at radius 2 is 1.79 bits per heavy atom. The Labute approximate surface area is 170 Å². The van der Waals surface area contributed by atoms with Crippen molar-refractivity contribution in [2.24, 2.45) is 5.73 Å². The molecule has 1 amide bonds. The van der Waals surface area contributed by atoms with E-state index in [9.17, 15) is 4.79 Å². The van der Waals surface area contributed by atoms with Crippen molar-refractivity contribution in [2.75, 3.05) is 0 Å². The van der Waals surface area contributed by atoms with Crippen LogP contribution in [-0.2, 0) is 11.2 Å². The van der Waals surface area contributed by atoms with E-state index in [-0.39, 0.29) is 5.91 Å². The predicted molar refractivity (Wildman–Crippen MR) is 115 cm³/mol. The van der Waals surface area contributed by atoms with Gasteiger partial charge in [0.1, 0.15) is 0 Å². The molecule has 5 nitrogen and oxygen atoms in total. The molecule has 0 saturated carbocycles. The van der Waals surface area contributed by atoms with Gasteiger partial charge in [0.05, 0.1) is 5.25 Å². The Morgan fingerprint density at radius 3 is 2.39 bits per heavy atom. The Balaban J connectivity index is 2.03. The number of nitrogens with zero attached hydrogens (tertiary/aromatic N) is 3. The van der Waals surface area contributed by atoms with Gasteiger partial charge in [-0.05, 0) is 44.4 Å². The molecule has 0 fully saturated rings. The Kier molecular flexibility index (Phi) is 6.52. The zero-order chi connectivity index (χ0) is 20.1. The van der Waals surface area contributed by atoms with Gasteiger partial charge in [-0.3, -0.25) is 9.36 Å². The molecule has 2 aromatic carbocycles. The molecule has 28 heavy (non-hydrogen) atoms. The third-order valence-electron chi connectivity index (χ3n) is 4.64. The van der Waals surface area contributed by atoms with Gasteiger partial charge < -0.3 is 5.73 Å². The van der Waals surface area contributed by atoms with Gasteiger partial charge in [0, 0.05) is 11.3 Å². The number of carbonyl (C=O) groups excluding carboxylic acids is 1. The molecule has 0 bridgehead atoms. The highest BCUT2D eigenvalue weighted by molar-refractivity contribution is 8.00. The Bertz CT molecular complexity index is 932. The Hall–Kier alpha value is -2.60. The molecule has 0 aliphatic rings. The van der Waals surface area contributed by atoms with Crippen LogP contribution in [-0.4, -0.2) is 25.9 Å². The first kappa shape index (κ1) is 20.1. The van der Waals surface area contributed by atoms with Gasteiger partial charge in [-0.1, -0.05) is 67.1 Å². The van der Waals surface area contributed by atoms with Gasteiger partial charge >= 0.3 is 0 Å². The maximum Gasteiger partial charge on any atom is 0.230 e. The van der Waals surface area contributed by atoms with E-state index in [0.717, 1.165) is 23.5 Å². The first-order chi connectivity index (χ1) is 13.5. The van der Waals surface area contributed by atoms with Crippen LogP contribution >= 0.6 is 11.8 Å². The van der Waals surface area contributed by atoms with Crippen LogP contribution in [0.2, 0.25) is 0 Å². The second kappa shape index (κ2) is 9.06. The number of amides is 1. The highest BCUT2D eigenvalue weighted by atomic mass is 32.2. The van der Waals surface area contributed by atoms with Crippen LogP contribution in [0.3, 0.4) is 0 Å². The molecule has 0 unspecified atom stereocenters. The normalized spacial score (nSPS) is 12.1. The maximum absolute atomic E-state index is 11.6. The number of aromatic nitrogens is 3.